The Morgan fingerprint density at radius 2 is 2.00 bits per heavy atom. The summed E-state index contributed by atoms with van der Waals surface area (Å²) < 4.78 is 32.3. The fraction of sp³-hybridized carbons (Fsp3) is 0.545. The number of nitrogens with zero attached hydrogens (tertiary/aromatic N) is 2. The lowest BCUT2D eigenvalue weighted by Crippen LogP contribution is -2.39. The third-order valence-electron chi connectivity index (χ3n) is 2.76. The molecule has 0 amide bonds. The molecule has 0 aromatic carbocycles. The van der Waals surface area contributed by atoms with E-state index in [1.807, 2.05) is 0 Å². The first-order valence-corrected chi connectivity index (χ1v) is 7.44. The van der Waals surface area contributed by atoms with Gasteiger partial charge in [0.05, 0.1) is 18.5 Å². The van der Waals surface area contributed by atoms with Gasteiger partial charge in [0, 0.05) is 0 Å². The van der Waals surface area contributed by atoms with Gasteiger partial charge in [-0.1, -0.05) is 0 Å². The molecule has 1 aromatic heterocycles. The molecule has 9 nitrogen and oxygen atoms in total. The quantitative estimate of drug-likeness (QED) is 0.672. The van der Waals surface area contributed by atoms with Crippen LogP contribution in [0.15, 0.2) is 4.90 Å². The van der Waals surface area contributed by atoms with Gasteiger partial charge in [-0.3, -0.25) is 14.3 Å². The average molecular weight is 319 g/mol. The van der Waals surface area contributed by atoms with Crippen LogP contribution in [0.4, 0.5) is 0 Å². The first-order chi connectivity index (χ1) is 9.60. The van der Waals surface area contributed by atoms with Crippen LogP contribution < -0.4 is 4.72 Å². The molecule has 21 heavy (non-hydrogen) atoms. The number of carboxylic acids is 1. The maximum Gasteiger partial charge on any atom is 0.325 e. The van der Waals surface area contributed by atoms with E-state index in [0.717, 1.165) is 11.8 Å². The van der Waals surface area contributed by atoms with E-state index in [0.29, 0.717) is 0 Å². The van der Waals surface area contributed by atoms with Crippen molar-refractivity contribution in [1.82, 2.24) is 14.5 Å². The summed E-state index contributed by atoms with van der Waals surface area (Å²) in [5.41, 5.74) is 0.331. The monoisotopic (exact) mass is 319 g/mol. The van der Waals surface area contributed by atoms with Crippen molar-refractivity contribution in [2.75, 3.05) is 7.11 Å². The summed E-state index contributed by atoms with van der Waals surface area (Å²) in [6, 6.07) is -1.07. The minimum Gasteiger partial charge on any atom is -0.480 e. The third kappa shape index (κ3) is 3.79. The topological polar surface area (TPSA) is 128 Å². The second kappa shape index (κ2) is 6.22. The highest BCUT2D eigenvalue weighted by Crippen LogP contribution is 2.19. The summed E-state index contributed by atoms with van der Waals surface area (Å²) in [7, 11) is -2.87. The number of sulfonamides is 1. The number of carbonyl (C=O) groups excluding carboxylic acids is 1. The van der Waals surface area contributed by atoms with Crippen LogP contribution in [0.1, 0.15) is 18.3 Å². The second-order valence-corrected chi connectivity index (χ2v) is 6.07. The average Bonchev–Trinajstić information content (AvgIpc) is 2.62. The number of ether oxygens (including phenoxy) is 1. The molecule has 0 fully saturated rings. The van der Waals surface area contributed by atoms with Crippen molar-refractivity contribution in [2.24, 2.45) is 0 Å². The normalized spacial score (nSPS) is 13.0. The SMILES string of the molecule is COC(=O)C(C)NS(=O)(=O)c1c(C)nn(CC(=O)O)c1C. The van der Waals surface area contributed by atoms with Crippen LogP contribution in [0.2, 0.25) is 0 Å². The van der Waals surface area contributed by atoms with Gasteiger partial charge >= 0.3 is 11.9 Å². The molecule has 118 valence electrons. The molecule has 10 heteroatoms. The number of methoxy groups -OCH3 is 1. The predicted octanol–water partition coefficient (Wildman–Crippen LogP) is -0.576. The predicted molar refractivity (Wildman–Crippen MR) is 71.1 cm³/mol. The van der Waals surface area contributed by atoms with E-state index in [4.69, 9.17) is 5.11 Å². The standard InChI is InChI=1S/C11H17N3O6S/c1-6-10(8(3)14(12-6)5-9(15)16)21(18,19)13-7(2)11(17)20-4/h7,13H,5H2,1-4H3,(H,15,16). The molecule has 1 heterocycles. The van der Waals surface area contributed by atoms with Crippen LogP contribution in [-0.2, 0) is 30.9 Å². The minimum absolute atomic E-state index is 0.139. The lowest BCUT2D eigenvalue weighted by atomic mass is 10.4. The smallest absolute Gasteiger partial charge is 0.325 e. The lowest BCUT2D eigenvalue weighted by Gasteiger charge is -2.12. The number of aromatic nitrogens is 2. The second-order valence-electron chi connectivity index (χ2n) is 4.42. The zero-order valence-electron chi connectivity index (χ0n) is 12.1. The first-order valence-electron chi connectivity index (χ1n) is 5.96. The number of aryl methyl sites for hydroxylation is 1. The van der Waals surface area contributed by atoms with E-state index < -0.39 is 34.5 Å². The van der Waals surface area contributed by atoms with Gasteiger partial charge in [0.15, 0.2) is 0 Å². The van der Waals surface area contributed by atoms with Gasteiger partial charge in [0.2, 0.25) is 10.0 Å². The summed E-state index contributed by atoms with van der Waals surface area (Å²) in [6.45, 7) is 3.79. The summed E-state index contributed by atoms with van der Waals surface area (Å²) in [4.78, 5) is 21.9. The highest BCUT2D eigenvalue weighted by Gasteiger charge is 2.28. The number of carboxylic acid groups (broad SMARTS) is 1. The zero-order valence-corrected chi connectivity index (χ0v) is 12.9. The Kier molecular flexibility index (Phi) is 5.07. The molecule has 0 saturated heterocycles. The van der Waals surface area contributed by atoms with Gasteiger partial charge in [-0.25, -0.2) is 8.42 Å². The third-order valence-corrected chi connectivity index (χ3v) is 4.55. The molecule has 1 unspecified atom stereocenters. The van der Waals surface area contributed by atoms with Gasteiger partial charge in [0.25, 0.3) is 0 Å². The summed E-state index contributed by atoms with van der Waals surface area (Å²) in [5, 5.41) is 12.6. The van der Waals surface area contributed by atoms with Gasteiger partial charge in [0.1, 0.15) is 17.5 Å². The van der Waals surface area contributed by atoms with Crippen molar-refractivity contribution < 1.29 is 27.9 Å². The van der Waals surface area contributed by atoms with Crippen molar-refractivity contribution in [3.8, 4) is 0 Å². The Bertz CT molecular complexity index is 664. The maximum atomic E-state index is 12.3. The number of carbonyl (C=O) groups is 2. The fourth-order valence-corrected chi connectivity index (χ4v) is 3.47. The molecule has 0 spiro atoms. The van der Waals surface area contributed by atoms with Crippen molar-refractivity contribution >= 4 is 22.0 Å². The van der Waals surface area contributed by atoms with Crippen molar-refractivity contribution in [2.45, 2.75) is 38.3 Å². The van der Waals surface area contributed by atoms with Gasteiger partial charge < -0.3 is 9.84 Å². The number of nitrogens with one attached hydrogen (secondary N) is 1. The van der Waals surface area contributed by atoms with Crippen LogP contribution in [-0.4, -0.2) is 48.4 Å². The number of aliphatic carboxylic acids is 1. The Balaban J connectivity index is 3.17. The molecular weight excluding hydrogens is 302 g/mol. The number of hydrogen-bond acceptors (Lipinski definition) is 6. The van der Waals surface area contributed by atoms with E-state index >= 15 is 0 Å². The Labute approximate surface area is 121 Å². The van der Waals surface area contributed by atoms with Crippen LogP contribution >= 0.6 is 0 Å². The molecule has 0 aliphatic heterocycles. The summed E-state index contributed by atoms with van der Waals surface area (Å²) in [5.74, 6) is -1.87. The first kappa shape index (κ1) is 17.1. The molecule has 0 aliphatic rings. The molecule has 2 N–H and O–H groups in total. The van der Waals surface area contributed by atoms with Crippen molar-refractivity contribution in [3.05, 3.63) is 11.4 Å². The molecule has 1 rings (SSSR count). The molecule has 0 radical (unpaired) electrons. The van der Waals surface area contributed by atoms with Crippen LogP contribution in [0.3, 0.4) is 0 Å². The minimum atomic E-state index is -4.02. The molecular formula is C11H17N3O6S. The molecule has 0 aliphatic carbocycles. The zero-order chi connectivity index (χ0) is 16.4. The molecule has 0 saturated carbocycles. The van der Waals surface area contributed by atoms with Crippen LogP contribution in [0.25, 0.3) is 0 Å². The van der Waals surface area contributed by atoms with Gasteiger partial charge in [-0.15, -0.1) is 0 Å². The van der Waals surface area contributed by atoms with E-state index in [9.17, 15) is 18.0 Å². The number of hydrogen-bond donors (Lipinski definition) is 2. The molecule has 0 bridgehead atoms. The highest BCUT2D eigenvalue weighted by molar-refractivity contribution is 7.89. The Morgan fingerprint density at radius 1 is 1.43 bits per heavy atom. The van der Waals surface area contributed by atoms with Crippen LogP contribution in [0, 0.1) is 13.8 Å². The van der Waals surface area contributed by atoms with Crippen molar-refractivity contribution in [3.63, 3.8) is 0 Å². The van der Waals surface area contributed by atoms with E-state index in [2.05, 4.69) is 14.6 Å². The summed E-state index contributed by atoms with van der Waals surface area (Å²) in [6.07, 6.45) is 0. The summed E-state index contributed by atoms with van der Waals surface area (Å²) >= 11 is 0. The largest absolute Gasteiger partial charge is 0.480 e. The van der Waals surface area contributed by atoms with E-state index in [1.165, 1.54) is 20.8 Å². The van der Waals surface area contributed by atoms with E-state index in [1.54, 1.807) is 0 Å². The number of rotatable bonds is 6. The van der Waals surface area contributed by atoms with Crippen molar-refractivity contribution in [1.29, 1.82) is 0 Å². The Morgan fingerprint density at radius 3 is 2.48 bits per heavy atom. The Hall–Kier alpha value is -1.94. The van der Waals surface area contributed by atoms with Gasteiger partial charge in [-0.05, 0) is 20.8 Å². The molecule has 1 atom stereocenters. The van der Waals surface area contributed by atoms with Gasteiger partial charge in [-0.2, -0.15) is 9.82 Å². The van der Waals surface area contributed by atoms with E-state index in [-0.39, 0.29) is 16.3 Å². The fourth-order valence-electron chi connectivity index (χ4n) is 1.87. The molecule has 1 aromatic rings. The highest BCUT2D eigenvalue weighted by atomic mass is 32.2. The number of esters is 1. The van der Waals surface area contributed by atoms with Crippen LogP contribution in [0.5, 0.6) is 0 Å². The lowest BCUT2D eigenvalue weighted by molar-refractivity contribution is -0.142. The maximum absolute atomic E-state index is 12.3.